The smallest absolute Gasteiger partial charge is 0.408 e. The molecule has 3 nitrogen and oxygen atoms in total. The molecular weight excluding hydrogens is 297 g/mol. The highest BCUT2D eigenvalue weighted by Gasteiger charge is 2.47. The van der Waals surface area contributed by atoms with Gasteiger partial charge in [-0.05, 0) is 17.7 Å². The van der Waals surface area contributed by atoms with Crippen LogP contribution in [0.3, 0.4) is 0 Å². The van der Waals surface area contributed by atoms with Crippen LogP contribution in [0, 0.1) is 17.5 Å². The summed E-state index contributed by atoms with van der Waals surface area (Å²) in [5.74, 6) is -8.53. The van der Waals surface area contributed by atoms with E-state index in [2.05, 4.69) is 4.74 Å². The second-order valence-corrected chi connectivity index (χ2v) is 3.71. The van der Waals surface area contributed by atoms with Crippen LogP contribution in [0.25, 0.3) is 0 Å². The summed E-state index contributed by atoms with van der Waals surface area (Å²) in [5, 5.41) is 1.73. The number of halogens is 6. The van der Waals surface area contributed by atoms with Gasteiger partial charge in [-0.25, -0.2) is 26.7 Å². The Morgan fingerprint density at radius 3 is 2.26 bits per heavy atom. The molecule has 0 aliphatic carbocycles. The average molecular weight is 304 g/mol. The van der Waals surface area contributed by atoms with Gasteiger partial charge < -0.3 is 10.1 Å². The lowest BCUT2D eigenvalue weighted by Gasteiger charge is -2.31. The molecule has 1 atom stereocenters. The molecule has 0 bridgehead atoms. The number of amides is 1. The van der Waals surface area contributed by atoms with Gasteiger partial charge in [0, 0.05) is 0 Å². The molecule has 19 heavy (non-hydrogen) atoms. The van der Waals surface area contributed by atoms with Gasteiger partial charge in [-0.1, -0.05) is 0 Å². The molecule has 1 N–H and O–H groups in total. The Morgan fingerprint density at radius 2 is 1.74 bits per heavy atom. The van der Waals surface area contributed by atoms with Gasteiger partial charge in [0.2, 0.25) is 0 Å². The van der Waals surface area contributed by atoms with Crippen molar-refractivity contribution >= 4 is 18.5 Å². The van der Waals surface area contributed by atoms with E-state index in [0.29, 0.717) is 12.1 Å². The number of cyclic esters (lactones) is 1. The summed E-state index contributed by atoms with van der Waals surface area (Å²) in [7, 11) is 0. The van der Waals surface area contributed by atoms with Crippen LogP contribution in [0.4, 0.5) is 26.7 Å². The molecule has 1 amide bonds. The lowest BCUT2D eigenvalue weighted by molar-refractivity contribution is -0.104. The molecule has 1 aromatic carbocycles. The van der Waals surface area contributed by atoms with Crippen molar-refractivity contribution < 1.29 is 31.5 Å². The molecule has 1 aromatic rings. The SMILES string of the molecule is Cl.O=C1N[C@@H](c2cc(F)c(F)c(F)c2)C(F)(F)CO1. The minimum absolute atomic E-state index is 0. The zero-order valence-electron chi connectivity index (χ0n) is 9.05. The van der Waals surface area contributed by atoms with Gasteiger partial charge in [-0.15, -0.1) is 12.4 Å². The molecule has 0 unspecified atom stereocenters. The van der Waals surface area contributed by atoms with Crippen LogP contribution in [0.1, 0.15) is 11.6 Å². The largest absolute Gasteiger partial charge is 0.443 e. The van der Waals surface area contributed by atoms with E-state index in [0.717, 1.165) is 0 Å². The lowest BCUT2D eigenvalue weighted by atomic mass is 9.99. The zero-order valence-corrected chi connectivity index (χ0v) is 9.87. The van der Waals surface area contributed by atoms with Gasteiger partial charge in [0.1, 0.15) is 6.04 Å². The molecular formula is C10H7ClF5NO2. The monoisotopic (exact) mass is 303 g/mol. The Morgan fingerprint density at radius 1 is 1.21 bits per heavy atom. The summed E-state index contributed by atoms with van der Waals surface area (Å²) in [6.45, 7) is -1.22. The van der Waals surface area contributed by atoms with E-state index < -0.39 is 47.7 Å². The van der Waals surface area contributed by atoms with Crippen molar-refractivity contribution in [3.8, 4) is 0 Å². The average Bonchev–Trinajstić information content (AvgIpc) is 2.28. The first-order valence-electron chi connectivity index (χ1n) is 4.77. The first-order valence-corrected chi connectivity index (χ1v) is 4.77. The predicted octanol–water partition coefficient (Wildman–Crippen LogP) is 2.94. The summed E-state index contributed by atoms with van der Waals surface area (Å²) in [5.41, 5.74) is -0.576. The summed E-state index contributed by atoms with van der Waals surface area (Å²) < 4.78 is 69.5. The van der Waals surface area contributed by atoms with Gasteiger partial charge in [0.05, 0.1) is 0 Å². The molecule has 0 spiro atoms. The van der Waals surface area contributed by atoms with Crippen LogP contribution in [-0.4, -0.2) is 18.6 Å². The molecule has 1 aliphatic rings. The predicted molar refractivity (Wildman–Crippen MR) is 55.7 cm³/mol. The van der Waals surface area contributed by atoms with E-state index in [4.69, 9.17) is 0 Å². The van der Waals surface area contributed by atoms with Crippen LogP contribution in [0.5, 0.6) is 0 Å². The molecule has 2 rings (SSSR count). The summed E-state index contributed by atoms with van der Waals surface area (Å²) in [4.78, 5) is 10.8. The number of alkyl carbamates (subject to hydrolysis) is 1. The van der Waals surface area contributed by atoms with E-state index in [-0.39, 0.29) is 12.4 Å². The number of carbonyl (C=O) groups excluding carboxylic acids is 1. The fraction of sp³-hybridized carbons (Fsp3) is 0.300. The molecule has 1 heterocycles. The third kappa shape index (κ3) is 2.89. The molecule has 1 aliphatic heterocycles. The Balaban J connectivity index is 0.00000180. The third-order valence-corrected chi connectivity index (χ3v) is 2.42. The minimum atomic E-state index is -3.55. The van der Waals surface area contributed by atoms with E-state index in [1.54, 1.807) is 5.32 Å². The van der Waals surface area contributed by atoms with E-state index in [1.807, 2.05) is 0 Å². The number of ether oxygens (including phenoxy) is 1. The van der Waals surface area contributed by atoms with Crippen molar-refractivity contribution in [2.24, 2.45) is 0 Å². The maximum atomic E-state index is 13.4. The van der Waals surface area contributed by atoms with E-state index in [1.165, 1.54) is 0 Å². The highest BCUT2D eigenvalue weighted by Crippen LogP contribution is 2.35. The van der Waals surface area contributed by atoms with Crippen molar-refractivity contribution in [1.82, 2.24) is 5.32 Å². The van der Waals surface area contributed by atoms with Gasteiger partial charge in [0.15, 0.2) is 24.1 Å². The van der Waals surface area contributed by atoms with Crippen molar-refractivity contribution in [2.75, 3.05) is 6.61 Å². The van der Waals surface area contributed by atoms with Gasteiger partial charge in [-0.3, -0.25) is 0 Å². The molecule has 1 fully saturated rings. The Bertz CT molecular complexity index is 488. The van der Waals surface area contributed by atoms with Gasteiger partial charge >= 0.3 is 12.0 Å². The van der Waals surface area contributed by atoms with Gasteiger partial charge in [0.25, 0.3) is 0 Å². The first-order chi connectivity index (χ1) is 8.31. The second kappa shape index (κ2) is 5.20. The van der Waals surface area contributed by atoms with Crippen molar-refractivity contribution in [2.45, 2.75) is 12.0 Å². The number of hydrogen-bond donors (Lipinski definition) is 1. The molecule has 106 valence electrons. The molecule has 9 heteroatoms. The number of alkyl halides is 2. The summed E-state index contributed by atoms with van der Waals surface area (Å²) >= 11 is 0. The maximum Gasteiger partial charge on any atom is 0.408 e. The highest BCUT2D eigenvalue weighted by molar-refractivity contribution is 5.85. The number of rotatable bonds is 1. The number of carbonyl (C=O) groups is 1. The zero-order chi connectivity index (χ0) is 13.5. The fourth-order valence-corrected chi connectivity index (χ4v) is 1.58. The van der Waals surface area contributed by atoms with Crippen LogP contribution in [0.2, 0.25) is 0 Å². The van der Waals surface area contributed by atoms with Crippen molar-refractivity contribution in [3.63, 3.8) is 0 Å². The number of nitrogens with one attached hydrogen (secondary N) is 1. The van der Waals surface area contributed by atoms with Crippen LogP contribution < -0.4 is 5.32 Å². The highest BCUT2D eigenvalue weighted by atomic mass is 35.5. The Labute approximate surface area is 110 Å². The molecule has 0 aromatic heterocycles. The van der Waals surface area contributed by atoms with Crippen molar-refractivity contribution in [3.05, 3.63) is 35.1 Å². The summed E-state index contributed by atoms with van der Waals surface area (Å²) in [6.07, 6.45) is -1.14. The van der Waals surface area contributed by atoms with Crippen molar-refractivity contribution in [1.29, 1.82) is 0 Å². The topological polar surface area (TPSA) is 38.3 Å². The van der Waals surface area contributed by atoms with E-state index in [9.17, 15) is 26.7 Å². The standard InChI is InChI=1S/C10H6F5NO2.ClH/c11-5-1-4(2-6(12)7(5)13)8-10(14,15)3-18-9(17)16-8;/h1-2,8H,3H2,(H,16,17);1H/t8-;/m0./s1. The lowest BCUT2D eigenvalue weighted by Crippen LogP contribution is -2.49. The Kier molecular flexibility index (Phi) is 4.24. The van der Waals surface area contributed by atoms with Crippen LogP contribution in [-0.2, 0) is 4.74 Å². The molecule has 1 saturated heterocycles. The maximum absolute atomic E-state index is 13.4. The fourth-order valence-electron chi connectivity index (χ4n) is 1.58. The Hall–Kier alpha value is -1.57. The second-order valence-electron chi connectivity index (χ2n) is 3.71. The molecule has 0 radical (unpaired) electrons. The number of benzene rings is 1. The molecule has 0 saturated carbocycles. The third-order valence-electron chi connectivity index (χ3n) is 2.42. The first kappa shape index (κ1) is 15.5. The quantitative estimate of drug-likeness (QED) is 0.640. The van der Waals surface area contributed by atoms with E-state index >= 15 is 0 Å². The van der Waals surface area contributed by atoms with Crippen LogP contribution >= 0.6 is 12.4 Å². The number of hydrogen-bond acceptors (Lipinski definition) is 2. The van der Waals surface area contributed by atoms with Crippen LogP contribution in [0.15, 0.2) is 12.1 Å². The minimum Gasteiger partial charge on any atom is -0.443 e. The summed E-state index contributed by atoms with van der Waals surface area (Å²) in [6, 6.07) is -1.16. The van der Waals surface area contributed by atoms with Gasteiger partial charge in [-0.2, -0.15) is 0 Å². The normalized spacial score (nSPS) is 21.1.